The first-order valence-corrected chi connectivity index (χ1v) is 10.8. The second-order valence-electron chi connectivity index (χ2n) is 6.81. The number of halogens is 1. The molecule has 0 amide bonds. The molecule has 1 fully saturated rings. The van der Waals surface area contributed by atoms with Crippen molar-refractivity contribution in [2.75, 3.05) is 25.6 Å². The number of nitrogens with zero attached hydrogens (tertiary/aromatic N) is 4. The highest BCUT2D eigenvalue weighted by molar-refractivity contribution is 7.48. The summed E-state index contributed by atoms with van der Waals surface area (Å²) in [5.74, 6) is -2.49. The van der Waals surface area contributed by atoms with Crippen LogP contribution in [-0.4, -0.2) is 62.5 Å². The number of anilines is 1. The van der Waals surface area contributed by atoms with E-state index in [1.807, 2.05) is 0 Å². The van der Waals surface area contributed by atoms with Crippen LogP contribution in [0.1, 0.15) is 33.9 Å². The Morgan fingerprint density at radius 1 is 1.50 bits per heavy atom. The van der Waals surface area contributed by atoms with Gasteiger partial charge in [-0.25, -0.2) is 13.9 Å². The average Bonchev–Trinajstić information content (AvgIpc) is 3.07. The summed E-state index contributed by atoms with van der Waals surface area (Å²) in [6.07, 6.45) is -1.77. The Morgan fingerprint density at radius 2 is 2.23 bits per heavy atom. The Morgan fingerprint density at radius 3 is 2.83 bits per heavy atom. The van der Waals surface area contributed by atoms with E-state index in [2.05, 4.69) is 15.0 Å². The molecule has 1 saturated heterocycles. The summed E-state index contributed by atoms with van der Waals surface area (Å²) in [6.45, 7) is 5.31. The monoisotopic (exact) mass is 449 g/mol. The van der Waals surface area contributed by atoms with Gasteiger partial charge in [-0.15, -0.1) is 0 Å². The Kier molecular flexibility index (Phi) is 6.60. The molecule has 0 aliphatic carbocycles. The fraction of sp³-hybridized carbons (Fsp3) is 0.688. The summed E-state index contributed by atoms with van der Waals surface area (Å²) in [5.41, 5.74) is 6.16. The van der Waals surface area contributed by atoms with Gasteiger partial charge in [-0.1, -0.05) is 0 Å². The molecule has 1 aliphatic rings. The summed E-state index contributed by atoms with van der Waals surface area (Å²) in [5, 5.41) is 9.84. The quantitative estimate of drug-likeness (QED) is 0.569. The molecule has 4 atom stereocenters. The smallest absolute Gasteiger partial charge is 0.475 e. The number of aliphatic hydroxyl groups is 1. The van der Waals surface area contributed by atoms with Crippen LogP contribution in [0.5, 0.6) is 5.88 Å². The molecule has 0 spiro atoms. The topological polar surface area (TPSA) is 153 Å². The molecule has 0 radical (unpaired) electrons. The average molecular weight is 449 g/mol. The molecule has 0 aromatic carbocycles. The maximum atomic E-state index is 15.5. The number of phosphoric acid groups is 1. The molecule has 14 heteroatoms. The summed E-state index contributed by atoms with van der Waals surface area (Å²) in [6, 6.07) is 0. The third-order valence-electron chi connectivity index (χ3n) is 4.14. The van der Waals surface area contributed by atoms with Gasteiger partial charge in [0.1, 0.15) is 12.7 Å². The first kappa shape index (κ1) is 22.8. The van der Waals surface area contributed by atoms with Crippen molar-refractivity contribution in [1.29, 1.82) is 0 Å². The number of alkyl halides is 1. The third kappa shape index (κ3) is 4.56. The molecule has 30 heavy (non-hydrogen) atoms. The van der Waals surface area contributed by atoms with Gasteiger partial charge in [-0.2, -0.15) is 9.97 Å². The zero-order valence-electron chi connectivity index (χ0n) is 17.0. The molecule has 2 aromatic rings. The number of aliphatic hydroxyl groups excluding tert-OH is 1. The fourth-order valence-corrected chi connectivity index (χ4v) is 4.36. The van der Waals surface area contributed by atoms with Crippen molar-refractivity contribution in [3.63, 3.8) is 0 Å². The Balaban J connectivity index is 1.86. The summed E-state index contributed by atoms with van der Waals surface area (Å²) < 4.78 is 55.4. The molecule has 1 unspecified atom stereocenters. The third-order valence-corrected chi connectivity index (χ3v) is 5.84. The number of phosphoric ester groups is 1. The minimum Gasteiger partial charge on any atom is -0.476 e. The highest BCUT2D eigenvalue weighted by atomic mass is 31.2. The highest BCUT2D eigenvalue weighted by Gasteiger charge is 2.52. The number of ether oxygens (including phenoxy) is 2. The van der Waals surface area contributed by atoms with Crippen LogP contribution in [0, 0.1) is 0 Å². The lowest BCUT2D eigenvalue weighted by Crippen LogP contribution is -2.49. The van der Waals surface area contributed by atoms with Gasteiger partial charge in [0.15, 0.2) is 17.4 Å². The summed E-state index contributed by atoms with van der Waals surface area (Å²) in [7, 11) is -3.93. The van der Waals surface area contributed by atoms with E-state index in [4.69, 9.17) is 28.8 Å². The van der Waals surface area contributed by atoms with Gasteiger partial charge < -0.3 is 20.3 Å². The standard InChI is InChI=1S/C16H25FN5O7P/c1-5-25-14-12-13(20-15(18)21-14)22(8-19-12)11(6-23)27-16(17)7-26-30(24,28-9(2)3)29-10(16)4/h8-11,23H,5-7H2,1-4H3,(H2,18,20,21)/t10-,11+,16+,30?/m0/s1. The molecule has 2 aromatic heterocycles. The maximum Gasteiger partial charge on any atom is 0.475 e. The van der Waals surface area contributed by atoms with Crippen molar-refractivity contribution >= 4 is 24.9 Å². The first-order chi connectivity index (χ1) is 14.1. The number of hydrogen-bond acceptors (Lipinski definition) is 11. The van der Waals surface area contributed by atoms with Crippen LogP contribution in [0.15, 0.2) is 6.33 Å². The van der Waals surface area contributed by atoms with Crippen LogP contribution in [0.4, 0.5) is 10.3 Å². The zero-order valence-corrected chi connectivity index (χ0v) is 17.9. The highest BCUT2D eigenvalue weighted by Crippen LogP contribution is 2.57. The van der Waals surface area contributed by atoms with Crippen LogP contribution in [0.25, 0.3) is 11.2 Å². The second kappa shape index (κ2) is 8.69. The number of imidazole rings is 1. The molecule has 168 valence electrons. The van der Waals surface area contributed by atoms with E-state index in [9.17, 15) is 9.67 Å². The lowest BCUT2D eigenvalue weighted by molar-refractivity contribution is -0.276. The van der Waals surface area contributed by atoms with Gasteiger partial charge in [0.2, 0.25) is 11.8 Å². The van der Waals surface area contributed by atoms with E-state index in [1.54, 1.807) is 20.8 Å². The minimum atomic E-state index is -3.93. The number of hydrogen-bond donors (Lipinski definition) is 2. The number of nitrogen functional groups attached to an aromatic ring is 1. The Bertz CT molecular complexity index is 944. The largest absolute Gasteiger partial charge is 0.476 e. The number of aromatic nitrogens is 4. The van der Waals surface area contributed by atoms with Crippen LogP contribution >= 0.6 is 7.82 Å². The fourth-order valence-electron chi connectivity index (χ4n) is 2.79. The summed E-state index contributed by atoms with van der Waals surface area (Å²) >= 11 is 0. The molecule has 0 bridgehead atoms. The van der Waals surface area contributed by atoms with Gasteiger partial charge in [-0.05, 0) is 27.7 Å². The SMILES string of the molecule is CCOc1nc(N)nc2c1ncn2[C@@H](CO)O[C@]1(F)COP(=O)(OC(C)C)O[C@H]1C. The molecule has 3 rings (SSSR count). The molecule has 0 saturated carbocycles. The van der Waals surface area contributed by atoms with E-state index < -0.39 is 45.3 Å². The van der Waals surface area contributed by atoms with Crippen LogP contribution in [0.2, 0.25) is 0 Å². The first-order valence-electron chi connectivity index (χ1n) is 9.32. The van der Waals surface area contributed by atoms with E-state index in [0.29, 0.717) is 6.61 Å². The van der Waals surface area contributed by atoms with E-state index in [1.165, 1.54) is 17.8 Å². The Labute approximate surface area is 172 Å². The molecular weight excluding hydrogens is 424 g/mol. The van der Waals surface area contributed by atoms with E-state index >= 15 is 4.39 Å². The van der Waals surface area contributed by atoms with Crippen molar-refractivity contribution in [3.8, 4) is 5.88 Å². The molecule has 1 aliphatic heterocycles. The zero-order chi connectivity index (χ0) is 22.1. The maximum absolute atomic E-state index is 15.5. The van der Waals surface area contributed by atoms with Crippen molar-refractivity contribution in [2.24, 2.45) is 0 Å². The molecule has 12 nitrogen and oxygen atoms in total. The van der Waals surface area contributed by atoms with E-state index in [-0.39, 0.29) is 23.0 Å². The molecular formula is C16H25FN5O7P. The lowest BCUT2D eigenvalue weighted by Gasteiger charge is -2.39. The van der Waals surface area contributed by atoms with Crippen LogP contribution in [0.3, 0.4) is 0 Å². The van der Waals surface area contributed by atoms with Crippen molar-refractivity contribution in [1.82, 2.24) is 19.5 Å². The predicted molar refractivity (Wildman–Crippen MR) is 102 cm³/mol. The molecule has 3 heterocycles. The van der Waals surface area contributed by atoms with Gasteiger partial charge in [0, 0.05) is 0 Å². The number of nitrogens with two attached hydrogens (primary N) is 1. The van der Waals surface area contributed by atoms with E-state index in [0.717, 1.165) is 0 Å². The Hall–Kier alpha value is -1.89. The number of rotatable bonds is 8. The normalized spacial score (nSPS) is 28.2. The van der Waals surface area contributed by atoms with Crippen molar-refractivity contribution < 1.29 is 37.1 Å². The van der Waals surface area contributed by atoms with Crippen molar-refractivity contribution in [2.45, 2.75) is 52.0 Å². The van der Waals surface area contributed by atoms with Gasteiger partial charge in [0.25, 0.3) is 5.85 Å². The number of fused-ring (bicyclic) bond motifs is 1. The van der Waals surface area contributed by atoms with Gasteiger partial charge in [0.05, 0.1) is 25.6 Å². The minimum absolute atomic E-state index is 0.0937. The molecule has 3 N–H and O–H groups in total. The second-order valence-corrected chi connectivity index (χ2v) is 8.38. The van der Waals surface area contributed by atoms with Gasteiger partial charge >= 0.3 is 7.82 Å². The van der Waals surface area contributed by atoms with Crippen LogP contribution < -0.4 is 10.5 Å². The summed E-state index contributed by atoms with van der Waals surface area (Å²) in [4.78, 5) is 12.2. The van der Waals surface area contributed by atoms with Crippen LogP contribution in [-0.2, 0) is 22.9 Å². The van der Waals surface area contributed by atoms with Crippen molar-refractivity contribution in [3.05, 3.63) is 6.33 Å². The van der Waals surface area contributed by atoms with Gasteiger partial charge in [-0.3, -0.25) is 18.1 Å². The predicted octanol–water partition coefficient (Wildman–Crippen LogP) is 1.95. The lowest BCUT2D eigenvalue weighted by atomic mass is 10.2.